The number of piperidine rings is 1. The van der Waals surface area contributed by atoms with E-state index in [1.54, 1.807) is 5.57 Å². The van der Waals surface area contributed by atoms with Crippen molar-refractivity contribution in [2.24, 2.45) is 23.2 Å². The molecule has 1 aliphatic heterocycles. The Kier molecular flexibility index (Phi) is 7.60. The highest BCUT2D eigenvalue weighted by atomic mass is 16.5. The number of hydrogen-bond acceptors (Lipinski definition) is 4. The molecule has 7 atom stereocenters. The van der Waals surface area contributed by atoms with Crippen LogP contribution in [0.15, 0.2) is 35.5 Å². The maximum Gasteiger partial charge on any atom is 0.0809 e. The number of methoxy groups -OCH3 is 1. The average molecular weight is 458 g/mol. The van der Waals surface area contributed by atoms with E-state index in [-0.39, 0.29) is 5.60 Å². The van der Waals surface area contributed by atoms with E-state index in [9.17, 15) is 10.2 Å². The third-order valence-electron chi connectivity index (χ3n) is 9.80. The molecule has 3 aliphatic carbocycles. The predicted molar refractivity (Wildman–Crippen MR) is 135 cm³/mol. The fourth-order valence-corrected chi connectivity index (χ4v) is 7.80. The van der Waals surface area contributed by atoms with Gasteiger partial charge in [-0.1, -0.05) is 43.7 Å². The molecule has 0 bridgehead atoms. The summed E-state index contributed by atoms with van der Waals surface area (Å²) in [4.78, 5) is 2.66. The second kappa shape index (κ2) is 9.97. The van der Waals surface area contributed by atoms with Gasteiger partial charge >= 0.3 is 0 Å². The zero-order valence-corrected chi connectivity index (χ0v) is 21.5. The zero-order chi connectivity index (χ0) is 23.8. The average Bonchev–Trinajstić information content (AvgIpc) is 3.13. The van der Waals surface area contributed by atoms with E-state index in [4.69, 9.17) is 4.74 Å². The fourth-order valence-electron chi connectivity index (χ4n) is 7.80. The Morgan fingerprint density at radius 1 is 1.12 bits per heavy atom. The Labute approximate surface area is 201 Å². The molecule has 0 spiro atoms. The minimum Gasteiger partial charge on any atom is -0.388 e. The van der Waals surface area contributed by atoms with E-state index in [1.165, 1.54) is 58.0 Å². The first-order valence-electron chi connectivity index (χ1n) is 13.4. The van der Waals surface area contributed by atoms with Gasteiger partial charge in [-0.2, -0.15) is 0 Å². The normalized spacial score (nSPS) is 42.4. The third-order valence-corrected chi connectivity index (χ3v) is 9.80. The Morgan fingerprint density at radius 3 is 2.55 bits per heavy atom. The van der Waals surface area contributed by atoms with E-state index in [1.807, 2.05) is 7.11 Å². The summed E-state index contributed by atoms with van der Waals surface area (Å²) in [5, 5.41) is 20.4. The lowest BCUT2D eigenvalue weighted by Crippen LogP contribution is -2.49. The molecule has 0 radical (unpaired) electrons. The van der Waals surface area contributed by atoms with Crippen molar-refractivity contribution in [3.8, 4) is 0 Å². The van der Waals surface area contributed by atoms with Crippen LogP contribution in [0.25, 0.3) is 0 Å². The first kappa shape index (κ1) is 25.2. The molecule has 0 aromatic carbocycles. The molecule has 33 heavy (non-hydrogen) atoms. The highest BCUT2D eigenvalue weighted by Crippen LogP contribution is 2.59. The lowest BCUT2D eigenvalue weighted by Gasteiger charge is -2.46. The van der Waals surface area contributed by atoms with Crippen LogP contribution >= 0.6 is 0 Å². The Morgan fingerprint density at radius 2 is 1.85 bits per heavy atom. The fraction of sp³-hybridized carbons (Fsp3) is 0.793. The molecular weight excluding hydrogens is 410 g/mol. The highest BCUT2D eigenvalue weighted by Gasteiger charge is 2.51. The number of rotatable bonds is 5. The number of allylic oxidation sites excluding steroid dienone is 3. The monoisotopic (exact) mass is 457 g/mol. The molecule has 1 unspecified atom stereocenters. The molecular formula is C29H47NO3. The molecule has 4 nitrogen and oxygen atoms in total. The molecule has 2 N–H and O–H groups in total. The first-order chi connectivity index (χ1) is 15.6. The summed E-state index contributed by atoms with van der Waals surface area (Å²) in [6.07, 6.45) is 13.4. The Balaban J connectivity index is 1.43. The number of aliphatic hydroxyl groups is 2. The van der Waals surface area contributed by atoms with E-state index >= 15 is 0 Å². The van der Waals surface area contributed by atoms with Crippen molar-refractivity contribution in [1.29, 1.82) is 0 Å². The maximum atomic E-state index is 10.2. The molecule has 4 aliphatic rings. The van der Waals surface area contributed by atoms with Crippen LogP contribution in [0.4, 0.5) is 0 Å². The lowest BCUT2D eigenvalue weighted by molar-refractivity contribution is -0.0571. The standard InChI is InChI=1S/C29H47NO3/c1-20(18-30-15-7-13-28(3,19-30)33-5)24-11-12-25-23(8-6-14-29(24,25)4)10-9-22-16-26(31)21(2)27(32)17-22/h9-10,20,24-27,31-32H,2,6-8,11-19H2,1,3-5H3/t20-,24-,25+,26-,27-,28?,29-/m1/s1. The number of likely N-dealkylation sites (tertiary alicyclic amines) is 1. The van der Waals surface area contributed by atoms with Crippen molar-refractivity contribution in [3.63, 3.8) is 0 Å². The van der Waals surface area contributed by atoms with Crippen molar-refractivity contribution in [2.75, 3.05) is 26.7 Å². The molecule has 1 heterocycles. The summed E-state index contributed by atoms with van der Waals surface area (Å²) in [6, 6.07) is 0. The van der Waals surface area contributed by atoms with Crippen molar-refractivity contribution < 1.29 is 14.9 Å². The van der Waals surface area contributed by atoms with Gasteiger partial charge in [-0.05, 0) is 100.0 Å². The van der Waals surface area contributed by atoms with Crippen LogP contribution in [0.5, 0.6) is 0 Å². The summed E-state index contributed by atoms with van der Waals surface area (Å²) in [6.45, 7) is 14.6. The van der Waals surface area contributed by atoms with Crippen LogP contribution < -0.4 is 0 Å². The maximum absolute atomic E-state index is 10.2. The van der Waals surface area contributed by atoms with E-state index in [2.05, 4.69) is 44.4 Å². The second-order valence-electron chi connectivity index (χ2n) is 12.1. The number of ether oxygens (including phenoxy) is 1. The predicted octanol–water partition coefficient (Wildman–Crippen LogP) is 5.26. The summed E-state index contributed by atoms with van der Waals surface area (Å²) in [5.74, 6) is 2.15. The molecule has 4 fully saturated rings. The zero-order valence-electron chi connectivity index (χ0n) is 21.5. The van der Waals surface area contributed by atoms with Gasteiger partial charge in [-0.25, -0.2) is 0 Å². The molecule has 0 aromatic rings. The first-order valence-corrected chi connectivity index (χ1v) is 13.4. The summed E-state index contributed by atoms with van der Waals surface area (Å²) in [7, 11) is 1.87. The molecule has 4 heteroatoms. The highest BCUT2D eigenvalue weighted by molar-refractivity contribution is 5.29. The third kappa shape index (κ3) is 5.19. The number of hydrogen-bond donors (Lipinski definition) is 2. The number of aliphatic hydroxyl groups excluding tert-OH is 2. The number of fused-ring (bicyclic) bond motifs is 1. The Bertz CT molecular complexity index is 772. The molecule has 3 saturated carbocycles. The van der Waals surface area contributed by atoms with Gasteiger partial charge in [0.25, 0.3) is 0 Å². The molecule has 186 valence electrons. The van der Waals surface area contributed by atoms with E-state index < -0.39 is 12.2 Å². The van der Waals surface area contributed by atoms with Gasteiger partial charge in [0.15, 0.2) is 0 Å². The van der Waals surface area contributed by atoms with Crippen LogP contribution in [-0.4, -0.2) is 59.7 Å². The van der Waals surface area contributed by atoms with Crippen LogP contribution in [-0.2, 0) is 4.74 Å². The quantitative estimate of drug-likeness (QED) is 0.553. The van der Waals surface area contributed by atoms with Gasteiger partial charge in [-0.3, -0.25) is 0 Å². The van der Waals surface area contributed by atoms with Crippen molar-refractivity contribution in [1.82, 2.24) is 4.90 Å². The van der Waals surface area contributed by atoms with Crippen LogP contribution in [0, 0.1) is 23.2 Å². The van der Waals surface area contributed by atoms with Crippen LogP contribution in [0.3, 0.4) is 0 Å². The van der Waals surface area contributed by atoms with Crippen LogP contribution in [0.2, 0.25) is 0 Å². The van der Waals surface area contributed by atoms with Gasteiger partial charge in [0.2, 0.25) is 0 Å². The minimum absolute atomic E-state index is 0.0148. The topological polar surface area (TPSA) is 52.9 Å². The smallest absolute Gasteiger partial charge is 0.0809 e. The van der Waals surface area contributed by atoms with Gasteiger partial charge in [-0.15, -0.1) is 0 Å². The van der Waals surface area contributed by atoms with Crippen molar-refractivity contribution in [3.05, 3.63) is 35.5 Å². The van der Waals surface area contributed by atoms with Gasteiger partial charge in [0, 0.05) is 20.2 Å². The minimum atomic E-state index is -0.610. The molecule has 1 saturated heterocycles. The van der Waals surface area contributed by atoms with Gasteiger partial charge in [0.1, 0.15) is 0 Å². The molecule has 0 amide bonds. The summed E-state index contributed by atoms with van der Waals surface area (Å²) < 4.78 is 5.84. The second-order valence-corrected chi connectivity index (χ2v) is 12.1. The Hall–Kier alpha value is -0.940. The van der Waals surface area contributed by atoms with Gasteiger partial charge < -0.3 is 19.8 Å². The summed E-state index contributed by atoms with van der Waals surface area (Å²) in [5.41, 5.74) is 3.72. The van der Waals surface area contributed by atoms with E-state index in [0.717, 1.165) is 18.0 Å². The lowest BCUT2D eigenvalue weighted by atomic mass is 9.61. The molecule has 0 aromatic heterocycles. The SMILES string of the molecule is C=C1[C@H](O)CC(=CC=C2CCC[C@]3(C)[C@@H]([C@H](C)CN4CCCC(C)(OC)C4)CC[C@@H]23)C[C@H]1O. The van der Waals surface area contributed by atoms with Crippen molar-refractivity contribution in [2.45, 2.75) is 96.4 Å². The van der Waals surface area contributed by atoms with E-state index in [0.29, 0.717) is 35.7 Å². The molecule has 4 rings (SSSR count). The van der Waals surface area contributed by atoms with Crippen LogP contribution in [0.1, 0.15) is 78.6 Å². The largest absolute Gasteiger partial charge is 0.388 e. The van der Waals surface area contributed by atoms with Gasteiger partial charge in [0.05, 0.1) is 17.8 Å². The summed E-state index contributed by atoms with van der Waals surface area (Å²) >= 11 is 0. The number of nitrogens with zero attached hydrogens (tertiary/aromatic N) is 1. The van der Waals surface area contributed by atoms with Crippen molar-refractivity contribution >= 4 is 0 Å².